The number of ether oxygens (including phenoxy) is 2. The van der Waals surface area contributed by atoms with Crippen molar-refractivity contribution in [3.8, 4) is 5.75 Å². The van der Waals surface area contributed by atoms with E-state index in [9.17, 15) is 13.2 Å². The summed E-state index contributed by atoms with van der Waals surface area (Å²) in [5, 5.41) is 0.553. The number of rotatable bonds is 6. The molecule has 0 N–H and O–H groups in total. The van der Waals surface area contributed by atoms with Crippen molar-refractivity contribution in [2.24, 2.45) is 0 Å². The number of carbonyl (C=O) groups is 1. The van der Waals surface area contributed by atoms with Crippen LogP contribution in [0, 0.1) is 6.92 Å². The molecule has 2 aromatic rings. The van der Waals surface area contributed by atoms with Gasteiger partial charge >= 0.3 is 5.97 Å². The normalized spacial score (nSPS) is 11.1. The fourth-order valence-corrected chi connectivity index (χ4v) is 2.81. The molecule has 0 atom stereocenters. The van der Waals surface area contributed by atoms with Crippen molar-refractivity contribution in [3.05, 3.63) is 58.6 Å². The van der Waals surface area contributed by atoms with Crippen LogP contribution in [0.5, 0.6) is 5.75 Å². The Morgan fingerprint density at radius 1 is 1.12 bits per heavy atom. The molecule has 0 aromatic heterocycles. The van der Waals surface area contributed by atoms with Crippen LogP contribution in [0.25, 0.3) is 0 Å². The molecule has 0 bridgehead atoms. The van der Waals surface area contributed by atoms with E-state index >= 15 is 0 Å². The van der Waals surface area contributed by atoms with E-state index < -0.39 is 15.8 Å². The molecule has 0 spiro atoms. The second kappa shape index (κ2) is 7.68. The van der Waals surface area contributed by atoms with Gasteiger partial charge in [-0.25, -0.2) is 13.2 Å². The maximum Gasteiger partial charge on any atom is 0.338 e. The third kappa shape index (κ3) is 4.97. The summed E-state index contributed by atoms with van der Waals surface area (Å²) in [5.74, 6) is -0.0125. The Labute approximate surface area is 146 Å². The summed E-state index contributed by atoms with van der Waals surface area (Å²) in [6, 6.07) is 11.2. The first-order valence-electron chi connectivity index (χ1n) is 7.13. The topological polar surface area (TPSA) is 69.7 Å². The molecule has 128 valence electrons. The lowest BCUT2D eigenvalue weighted by Gasteiger charge is -2.10. The summed E-state index contributed by atoms with van der Waals surface area (Å²) < 4.78 is 33.7. The Morgan fingerprint density at radius 2 is 1.88 bits per heavy atom. The van der Waals surface area contributed by atoms with E-state index in [-0.39, 0.29) is 23.7 Å². The number of hydrogen-bond acceptors (Lipinski definition) is 5. The lowest BCUT2D eigenvalue weighted by molar-refractivity contribution is 0.0449. The second-order valence-electron chi connectivity index (χ2n) is 5.19. The van der Waals surface area contributed by atoms with Crippen LogP contribution in [0.2, 0.25) is 5.02 Å². The number of benzene rings is 2. The molecule has 5 nitrogen and oxygen atoms in total. The zero-order chi connectivity index (χ0) is 17.7. The van der Waals surface area contributed by atoms with E-state index in [1.165, 1.54) is 12.1 Å². The molecule has 0 saturated heterocycles. The maximum atomic E-state index is 12.1. The van der Waals surface area contributed by atoms with Crippen molar-refractivity contribution in [2.75, 3.05) is 19.5 Å². The molecule has 0 amide bonds. The van der Waals surface area contributed by atoms with Gasteiger partial charge in [-0.2, -0.15) is 0 Å². The van der Waals surface area contributed by atoms with Gasteiger partial charge < -0.3 is 9.47 Å². The average molecular weight is 369 g/mol. The summed E-state index contributed by atoms with van der Waals surface area (Å²) in [4.78, 5) is 12.2. The summed E-state index contributed by atoms with van der Waals surface area (Å²) in [6.45, 7) is 1.91. The van der Waals surface area contributed by atoms with Crippen LogP contribution in [-0.4, -0.2) is 33.9 Å². The van der Waals surface area contributed by atoms with Gasteiger partial charge in [-0.05, 0) is 42.8 Å². The molecule has 24 heavy (non-hydrogen) atoms. The van der Waals surface area contributed by atoms with Crippen molar-refractivity contribution in [2.45, 2.75) is 11.8 Å². The highest BCUT2D eigenvalue weighted by atomic mass is 35.5. The van der Waals surface area contributed by atoms with Crippen molar-refractivity contribution >= 4 is 27.4 Å². The highest BCUT2D eigenvalue weighted by molar-refractivity contribution is 7.90. The molecule has 7 heteroatoms. The number of halogens is 1. The third-order valence-corrected chi connectivity index (χ3v) is 4.58. The lowest BCUT2D eigenvalue weighted by atomic mass is 10.1. The Bertz CT molecular complexity index is 846. The van der Waals surface area contributed by atoms with Crippen LogP contribution in [0.1, 0.15) is 15.9 Å². The first-order valence-corrected chi connectivity index (χ1v) is 9.40. The summed E-state index contributed by atoms with van der Waals surface area (Å²) in [6.07, 6.45) is 1.09. The van der Waals surface area contributed by atoms with Crippen LogP contribution >= 0.6 is 11.6 Å². The number of esters is 1. The minimum absolute atomic E-state index is 0.0356. The van der Waals surface area contributed by atoms with Gasteiger partial charge in [0.2, 0.25) is 0 Å². The minimum atomic E-state index is -3.39. The predicted molar refractivity (Wildman–Crippen MR) is 91.5 cm³/mol. The molecular weight excluding hydrogens is 352 g/mol. The van der Waals surface area contributed by atoms with Gasteiger partial charge in [-0.15, -0.1) is 0 Å². The molecule has 0 heterocycles. The van der Waals surface area contributed by atoms with Crippen LogP contribution in [0.15, 0.2) is 47.4 Å². The number of carbonyl (C=O) groups excluding carboxylic acids is 1. The van der Waals surface area contributed by atoms with Crippen molar-refractivity contribution in [3.63, 3.8) is 0 Å². The lowest BCUT2D eigenvalue weighted by Crippen LogP contribution is -2.14. The molecular formula is C17H17ClO5S. The zero-order valence-corrected chi connectivity index (χ0v) is 14.9. The Morgan fingerprint density at radius 3 is 2.54 bits per heavy atom. The highest BCUT2D eigenvalue weighted by Gasteiger charge is 2.15. The number of aryl methyl sites for hydroxylation is 1. The minimum Gasteiger partial charge on any atom is -0.490 e. The highest BCUT2D eigenvalue weighted by Crippen LogP contribution is 2.18. The summed E-state index contributed by atoms with van der Waals surface area (Å²) >= 11 is 5.84. The van der Waals surface area contributed by atoms with Gasteiger partial charge in [0, 0.05) is 11.3 Å². The molecule has 0 aliphatic rings. The first kappa shape index (κ1) is 18.3. The van der Waals surface area contributed by atoms with Gasteiger partial charge in [-0.1, -0.05) is 23.7 Å². The van der Waals surface area contributed by atoms with Crippen LogP contribution in [-0.2, 0) is 14.6 Å². The third-order valence-electron chi connectivity index (χ3n) is 3.24. The zero-order valence-electron chi connectivity index (χ0n) is 13.3. The monoisotopic (exact) mass is 368 g/mol. The van der Waals surface area contributed by atoms with Gasteiger partial charge in [-0.3, -0.25) is 0 Å². The summed E-state index contributed by atoms with van der Waals surface area (Å²) in [7, 11) is -3.39. The molecule has 0 unspecified atom stereocenters. The van der Waals surface area contributed by atoms with Crippen molar-refractivity contribution < 1.29 is 22.7 Å². The Hall–Kier alpha value is -2.05. The molecule has 2 aromatic carbocycles. The number of hydrogen-bond donors (Lipinski definition) is 0. The molecule has 0 aliphatic heterocycles. The van der Waals surface area contributed by atoms with E-state index in [0.29, 0.717) is 16.3 Å². The first-order chi connectivity index (χ1) is 11.3. The number of sulfone groups is 1. The summed E-state index contributed by atoms with van der Waals surface area (Å²) in [5.41, 5.74) is 0.865. The fourth-order valence-electron chi connectivity index (χ4n) is 1.98. The Balaban J connectivity index is 1.95. The fraction of sp³-hybridized carbons (Fsp3) is 0.235. The largest absolute Gasteiger partial charge is 0.490 e. The van der Waals surface area contributed by atoms with Crippen molar-refractivity contribution in [1.82, 2.24) is 0 Å². The molecule has 0 saturated carbocycles. The van der Waals surface area contributed by atoms with E-state index in [1.54, 1.807) is 37.3 Å². The average Bonchev–Trinajstić information content (AvgIpc) is 2.50. The smallest absolute Gasteiger partial charge is 0.338 e. The van der Waals surface area contributed by atoms with Crippen LogP contribution < -0.4 is 4.74 Å². The molecule has 0 fully saturated rings. The van der Waals surface area contributed by atoms with Gasteiger partial charge in [0.1, 0.15) is 19.0 Å². The SMILES string of the molecule is Cc1ccc(S(C)(=O)=O)cc1C(=O)OCCOc1cccc(Cl)c1. The standard InChI is InChI=1S/C17H17ClO5S/c1-12-6-7-15(24(2,20)21)11-16(12)17(19)23-9-8-22-14-5-3-4-13(18)10-14/h3-7,10-11H,8-9H2,1-2H3. The van der Waals surface area contributed by atoms with Crippen LogP contribution in [0.4, 0.5) is 0 Å². The quantitative estimate of drug-likeness (QED) is 0.578. The molecule has 2 rings (SSSR count). The van der Waals surface area contributed by atoms with Crippen molar-refractivity contribution in [1.29, 1.82) is 0 Å². The van der Waals surface area contributed by atoms with E-state index in [0.717, 1.165) is 6.26 Å². The predicted octanol–water partition coefficient (Wildman–Crippen LogP) is 3.29. The van der Waals surface area contributed by atoms with Gasteiger partial charge in [0.15, 0.2) is 9.84 Å². The second-order valence-corrected chi connectivity index (χ2v) is 7.64. The van der Waals surface area contributed by atoms with E-state index in [4.69, 9.17) is 21.1 Å². The van der Waals surface area contributed by atoms with E-state index in [2.05, 4.69) is 0 Å². The maximum absolute atomic E-state index is 12.1. The van der Waals surface area contributed by atoms with Gasteiger partial charge in [0.25, 0.3) is 0 Å². The van der Waals surface area contributed by atoms with Gasteiger partial charge in [0.05, 0.1) is 10.5 Å². The van der Waals surface area contributed by atoms with Crippen LogP contribution in [0.3, 0.4) is 0 Å². The molecule has 0 aliphatic carbocycles. The Kier molecular flexibility index (Phi) is 5.85. The molecule has 0 radical (unpaired) electrons. The van der Waals surface area contributed by atoms with E-state index in [1.807, 2.05) is 0 Å².